The number of unbranched alkanes of at least 4 members (excludes halogenated alkanes) is 5. The van der Waals surface area contributed by atoms with E-state index >= 15 is 0 Å². The van der Waals surface area contributed by atoms with Gasteiger partial charge in [-0.3, -0.25) is 0 Å². The van der Waals surface area contributed by atoms with Gasteiger partial charge in [-0.05, 0) is 109 Å². The zero-order valence-corrected chi connectivity index (χ0v) is 25.6. The van der Waals surface area contributed by atoms with Crippen molar-refractivity contribution in [3.8, 4) is 34.1 Å². The first-order chi connectivity index (χ1) is 20.4. The number of ether oxygens (including phenoxy) is 2. The Bertz CT molecular complexity index is 1410. The van der Waals surface area contributed by atoms with Gasteiger partial charge in [0.25, 0.3) is 0 Å². The summed E-state index contributed by atoms with van der Waals surface area (Å²) in [6, 6.07) is 23.8. The van der Waals surface area contributed by atoms with Gasteiger partial charge >= 0.3 is 5.97 Å². The summed E-state index contributed by atoms with van der Waals surface area (Å²) in [7, 11) is 0. The van der Waals surface area contributed by atoms with E-state index in [1.807, 2.05) is 12.1 Å². The highest BCUT2D eigenvalue weighted by Crippen LogP contribution is 2.55. The zero-order chi connectivity index (χ0) is 30.0. The highest BCUT2D eigenvalue weighted by atomic mass is 16.5. The molecule has 0 bridgehead atoms. The average Bonchev–Trinajstić information content (AvgIpc) is 3.28. The van der Waals surface area contributed by atoms with Crippen molar-refractivity contribution in [2.75, 3.05) is 13.2 Å². The van der Waals surface area contributed by atoms with Crippen LogP contribution in [0.5, 0.6) is 5.75 Å². The highest BCUT2D eigenvalue weighted by Gasteiger charge is 2.42. The topological polar surface area (TPSA) is 59.3 Å². The van der Waals surface area contributed by atoms with Crippen LogP contribution in [-0.2, 0) is 14.9 Å². The van der Waals surface area contributed by atoms with E-state index < -0.39 is 0 Å². The third-order valence-electron chi connectivity index (χ3n) is 8.48. The van der Waals surface area contributed by atoms with Crippen LogP contribution in [0.15, 0.2) is 72.8 Å². The number of rotatable bonds is 16. The Morgan fingerprint density at radius 3 is 2.00 bits per heavy atom. The van der Waals surface area contributed by atoms with Crippen molar-refractivity contribution in [3.05, 3.63) is 89.5 Å². The summed E-state index contributed by atoms with van der Waals surface area (Å²) in [6.07, 6.45) is 10.8. The third kappa shape index (κ3) is 7.13. The smallest absolute Gasteiger partial charge is 0.333 e. The fourth-order valence-electron chi connectivity index (χ4n) is 6.14. The predicted molar refractivity (Wildman–Crippen MR) is 172 cm³/mol. The monoisotopic (exact) mass is 563 g/mol. The molecule has 0 aromatic heterocycles. The van der Waals surface area contributed by atoms with Gasteiger partial charge in [0.2, 0.25) is 0 Å². The fraction of sp³-hybridized carbons (Fsp3) is 0.421. The Morgan fingerprint density at radius 1 is 0.786 bits per heavy atom. The van der Waals surface area contributed by atoms with Crippen LogP contribution in [0.25, 0.3) is 22.3 Å². The molecule has 0 spiro atoms. The number of fused-ring (bicyclic) bond motifs is 3. The number of hydrogen-bond acceptors (Lipinski definition) is 4. The molecule has 0 amide bonds. The molecule has 0 saturated heterocycles. The quantitative estimate of drug-likeness (QED) is 0.0988. The molecule has 1 aliphatic rings. The first-order valence-corrected chi connectivity index (χ1v) is 15.7. The SMILES string of the molecule is C=C(C)C(=O)OCCCCCCOc1ccc2c(c1)C(CCCC)(CCCC)c1cc(-c3ccc(C#N)cc3)ccc1-2. The van der Waals surface area contributed by atoms with Gasteiger partial charge in [-0.25, -0.2) is 4.79 Å². The number of carbonyl (C=O) groups is 1. The summed E-state index contributed by atoms with van der Waals surface area (Å²) in [5, 5.41) is 9.25. The van der Waals surface area contributed by atoms with Crippen LogP contribution in [0.2, 0.25) is 0 Å². The van der Waals surface area contributed by atoms with Crippen LogP contribution in [0.3, 0.4) is 0 Å². The summed E-state index contributed by atoms with van der Waals surface area (Å²) < 4.78 is 11.5. The van der Waals surface area contributed by atoms with Crippen molar-refractivity contribution in [2.45, 2.75) is 90.4 Å². The lowest BCUT2D eigenvalue weighted by atomic mass is 9.70. The van der Waals surface area contributed by atoms with Crippen LogP contribution in [-0.4, -0.2) is 19.2 Å². The number of benzene rings is 3. The summed E-state index contributed by atoms with van der Waals surface area (Å²) in [4.78, 5) is 11.5. The van der Waals surface area contributed by atoms with Crippen molar-refractivity contribution in [2.24, 2.45) is 0 Å². The van der Waals surface area contributed by atoms with Crippen molar-refractivity contribution >= 4 is 5.97 Å². The van der Waals surface area contributed by atoms with Crippen LogP contribution < -0.4 is 4.74 Å². The number of nitriles is 1. The molecule has 1 aliphatic carbocycles. The summed E-state index contributed by atoms with van der Waals surface area (Å²) in [5.41, 5.74) is 8.97. The number of hydrogen-bond donors (Lipinski definition) is 0. The Balaban J connectivity index is 1.52. The largest absolute Gasteiger partial charge is 0.494 e. The number of carbonyl (C=O) groups excluding carboxylic acids is 1. The van der Waals surface area contributed by atoms with Gasteiger partial charge in [-0.2, -0.15) is 5.26 Å². The van der Waals surface area contributed by atoms with E-state index in [2.05, 4.69) is 75.0 Å². The van der Waals surface area contributed by atoms with Gasteiger partial charge in [0.15, 0.2) is 0 Å². The minimum Gasteiger partial charge on any atom is -0.494 e. The van der Waals surface area contributed by atoms with Gasteiger partial charge < -0.3 is 9.47 Å². The van der Waals surface area contributed by atoms with E-state index in [1.165, 1.54) is 40.7 Å². The molecule has 0 aliphatic heterocycles. The fourth-order valence-corrected chi connectivity index (χ4v) is 6.14. The van der Waals surface area contributed by atoms with Crippen LogP contribution in [0, 0.1) is 11.3 Å². The van der Waals surface area contributed by atoms with Gasteiger partial charge in [0, 0.05) is 11.0 Å². The first-order valence-electron chi connectivity index (χ1n) is 15.7. The van der Waals surface area contributed by atoms with Crippen molar-refractivity contribution in [1.29, 1.82) is 5.26 Å². The summed E-state index contributed by atoms with van der Waals surface area (Å²) in [5.74, 6) is 0.637. The Morgan fingerprint density at radius 2 is 1.38 bits per heavy atom. The van der Waals surface area contributed by atoms with E-state index in [4.69, 9.17) is 9.47 Å². The maximum Gasteiger partial charge on any atom is 0.333 e. The maximum absolute atomic E-state index is 11.5. The lowest BCUT2D eigenvalue weighted by Gasteiger charge is -2.33. The van der Waals surface area contributed by atoms with E-state index in [0.29, 0.717) is 24.4 Å². The molecule has 0 saturated carbocycles. The van der Waals surface area contributed by atoms with E-state index in [0.717, 1.165) is 62.7 Å². The number of nitrogens with zero attached hydrogens (tertiary/aromatic N) is 1. The molecule has 4 rings (SSSR count). The molecular weight excluding hydrogens is 518 g/mol. The van der Waals surface area contributed by atoms with Crippen molar-refractivity contribution in [1.82, 2.24) is 0 Å². The third-order valence-corrected chi connectivity index (χ3v) is 8.48. The molecule has 3 aromatic carbocycles. The molecule has 4 heteroatoms. The Labute approximate surface area is 252 Å². The Kier molecular flexibility index (Phi) is 11.0. The zero-order valence-electron chi connectivity index (χ0n) is 25.6. The second-order valence-electron chi connectivity index (χ2n) is 11.6. The van der Waals surface area contributed by atoms with Crippen LogP contribution in [0.4, 0.5) is 0 Å². The molecule has 4 nitrogen and oxygen atoms in total. The summed E-state index contributed by atoms with van der Waals surface area (Å²) in [6.45, 7) is 11.0. The molecule has 0 N–H and O–H groups in total. The van der Waals surface area contributed by atoms with Gasteiger partial charge in [0.05, 0.1) is 24.8 Å². The molecule has 0 fully saturated rings. The standard InChI is InChI=1S/C38H45NO3/c1-5-7-21-38(22-8-6-2)35-25-31(30-15-13-29(27-39)14-16-30)17-19-33(35)34-20-18-32(26-36(34)38)41-23-11-9-10-12-24-42-37(40)28(3)4/h13-20,25-26H,3,5-12,21-24H2,1-2,4H3. The molecule has 0 radical (unpaired) electrons. The summed E-state index contributed by atoms with van der Waals surface area (Å²) >= 11 is 0. The molecule has 0 unspecified atom stereocenters. The second-order valence-corrected chi connectivity index (χ2v) is 11.6. The Hall–Kier alpha value is -3.84. The maximum atomic E-state index is 11.5. The van der Waals surface area contributed by atoms with Gasteiger partial charge in [-0.15, -0.1) is 0 Å². The average molecular weight is 564 g/mol. The molecular formula is C38H45NO3. The second kappa shape index (κ2) is 14.9. The van der Waals surface area contributed by atoms with Gasteiger partial charge in [0.1, 0.15) is 5.75 Å². The highest BCUT2D eigenvalue weighted by molar-refractivity contribution is 5.87. The lowest BCUT2D eigenvalue weighted by molar-refractivity contribution is -0.139. The normalized spacial score (nSPS) is 12.7. The minimum absolute atomic E-state index is 0.0279. The lowest BCUT2D eigenvalue weighted by Crippen LogP contribution is -2.25. The first kappa shape index (κ1) is 31.1. The van der Waals surface area contributed by atoms with E-state index in [1.54, 1.807) is 6.92 Å². The minimum atomic E-state index is -0.309. The van der Waals surface area contributed by atoms with Crippen LogP contribution >= 0.6 is 0 Å². The predicted octanol–water partition coefficient (Wildman–Crippen LogP) is 9.93. The number of esters is 1. The molecule has 0 atom stereocenters. The van der Waals surface area contributed by atoms with Crippen molar-refractivity contribution in [3.63, 3.8) is 0 Å². The van der Waals surface area contributed by atoms with Crippen molar-refractivity contribution < 1.29 is 14.3 Å². The molecule has 0 heterocycles. The van der Waals surface area contributed by atoms with E-state index in [9.17, 15) is 10.1 Å². The van der Waals surface area contributed by atoms with Gasteiger partial charge in [-0.1, -0.05) is 76.4 Å². The molecule has 220 valence electrons. The van der Waals surface area contributed by atoms with Crippen LogP contribution in [0.1, 0.15) is 102 Å². The van der Waals surface area contributed by atoms with E-state index in [-0.39, 0.29) is 11.4 Å². The molecule has 3 aromatic rings. The molecule has 42 heavy (non-hydrogen) atoms.